The first kappa shape index (κ1) is 12.5. The van der Waals surface area contributed by atoms with Gasteiger partial charge in [0.15, 0.2) is 0 Å². The first-order valence-electron chi connectivity index (χ1n) is 5.66. The fourth-order valence-corrected chi connectivity index (χ4v) is 2.56. The summed E-state index contributed by atoms with van der Waals surface area (Å²) < 4.78 is 0. The molecule has 1 amide bonds. The molecule has 0 aliphatic carbocycles. The van der Waals surface area contributed by atoms with Crippen LogP contribution in [0.2, 0.25) is 0 Å². The lowest BCUT2D eigenvalue weighted by Gasteiger charge is -2.49. The molecule has 1 saturated heterocycles. The van der Waals surface area contributed by atoms with Crippen LogP contribution in [0.1, 0.15) is 27.2 Å². The molecular formula is C11H23N3O. The van der Waals surface area contributed by atoms with Gasteiger partial charge in [-0.2, -0.15) is 0 Å². The highest BCUT2D eigenvalue weighted by molar-refractivity contribution is 5.83. The average Bonchev–Trinajstić information content (AvgIpc) is 2.11. The second kappa shape index (κ2) is 4.49. The van der Waals surface area contributed by atoms with Gasteiger partial charge in [0.05, 0.1) is 6.04 Å². The number of hydrogen-bond acceptors (Lipinski definition) is 3. The molecule has 1 aliphatic rings. The molecule has 1 fully saturated rings. The Kier molecular flexibility index (Phi) is 3.73. The van der Waals surface area contributed by atoms with Crippen molar-refractivity contribution in [3.8, 4) is 0 Å². The van der Waals surface area contributed by atoms with Crippen molar-refractivity contribution in [3.05, 3.63) is 0 Å². The molecule has 0 aromatic heterocycles. The second-order valence-corrected chi connectivity index (χ2v) is 4.90. The van der Waals surface area contributed by atoms with Crippen LogP contribution in [0.4, 0.5) is 0 Å². The van der Waals surface area contributed by atoms with E-state index in [1.807, 2.05) is 18.9 Å². The summed E-state index contributed by atoms with van der Waals surface area (Å²) in [5.41, 5.74) is 5.48. The normalized spacial score (nSPS) is 27.1. The summed E-state index contributed by atoms with van der Waals surface area (Å²) >= 11 is 0. The molecule has 0 saturated carbocycles. The fourth-order valence-electron chi connectivity index (χ4n) is 2.56. The number of nitrogens with two attached hydrogens (primary N) is 1. The third-order valence-electron chi connectivity index (χ3n) is 3.21. The Balaban J connectivity index is 2.85. The standard InChI is InChI=1S/C11H23N3O/c1-5-14-10(15)9(6-7-12)13(4)8-11(14,2)3/h9H,5-8,12H2,1-4H3. The van der Waals surface area contributed by atoms with E-state index in [2.05, 4.69) is 18.7 Å². The Morgan fingerprint density at radius 2 is 2.13 bits per heavy atom. The molecular weight excluding hydrogens is 190 g/mol. The van der Waals surface area contributed by atoms with E-state index in [1.54, 1.807) is 0 Å². The summed E-state index contributed by atoms with van der Waals surface area (Å²) in [6.07, 6.45) is 0.752. The molecule has 0 radical (unpaired) electrons. The Morgan fingerprint density at radius 3 is 2.60 bits per heavy atom. The first-order valence-corrected chi connectivity index (χ1v) is 5.66. The highest BCUT2D eigenvalue weighted by atomic mass is 16.2. The van der Waals surface area contributed by atoms with E-state index >= 15 is 0 Å². The molecule has 1 aliphatic heterocycles. The maximum Gasteiger partial charge on any atom is 0.240 e. The van der Waals surface area contributed by atoms with Crippen molar-refractivity contribution in [2.45, 2.75) is 38.8 Å². The van der Waals surface area contributed by atoms with Crippen LogP contribution in [-0.4, -0.2) is 54.0 Å². The minimum Gasteiger partial charge on any atom is -0.335 e. The van der Waals surface area contributed by atoms with Crippen LogP contribution in [0.15, 0.2) is 0 Å². The van der Waals surface area contributed by atoms with E-state index in [-0.39, 0.29) is 17.5 Å². The van der Waals surface area contributed by atoms with Gasteiger partial charge in [-0.25, -0.2) is 0 Å². The molecule has 1 heterocycles. The van der Waals surface area contributed by atoms with Gasteiger partial charge >= 0.3 is 0 Å². The van der Waals surface area contributed by atoms with Crippen LogP contribution in [0, 0.1) is 0 Å². The van der Waals surface area contributed by atoms with Gasteiger partial charge in [0.1, 0.15) is 0 Å². The molecule has 0 aromatic carbocycles. The highest BCUT2D eigenvalue weighted by Crippen LogP contribution is 2.25. The zero-order valence-electron chi connectivity index (χ0n) is 10.3. The molecule has 0 spiro atoms. The largest absolute Gasteiger partial charge is 0.335 e. The molecule has 1 atom stereocenters. The number of rotatable bonds is 3. The Bertz CT molecular complexity index is 240. The number of carbonyl (C=O) groups excluding carboxylic acids is 1. The van der Waals surface area contributed by atoms with Crippen molar-refractivity contribution in [2.24, 2.45) is 5.73 Å². The summed E-state index contributed by atoms with van der Waals surface area (Å²) in [7, 11) is 2.01. The molecule has 2 N–H and O–H groups in total. The number of carbonyl (C=O) groups is 1. The highest BCUT2D eigenvalue weighted by Gasteiger charge is 2.41. The van der Waals surface area contributed by atoms with E-state index in [9.17, 15) is 4.79 Å². The van der Waals surface area contributed by atoms with Gasteiger partial charge in [-0.05, 0) is 40.8 Å². The SMILES string of the molecule is CCN1C(=O)C(CCN)N(C)CC1(C)C. The molecule has 4 nitrogen and oxygen atoms in total. The summed E-state index contributed by atoms with van der Waals surface area (Å²) in [6.45, 7) is 8.52. The molecule has 1 rings (SSSR count). The van der Waals surface area contributed by atoms with Gasteiger partial charge in [-0.1, -0.05) is 0 Å². The van der Waals surface area contributed by atoms with Crippen molar-refractivity contribution in [1.82, 2.24) is 9.80 Å². The maximum atomic E-state index is 12.2. The summed E-state index contributed by atoms with van der Waals surface area (Å²) in [5.74, 6) is 0.224. The summed E-state index contributed by atoms with van der Waals surface area (Å²) in [4.78, 5) is 16.3. The fraction of sp³-hybridized carbons (Fsp3) is 0.909. The zero-order valence-corrected chi connectivity index (χ0v) is 10.3. The molecule has 88 valence electrons. The van der Waals surface area contributed by atoms with Crippen molar-refractivity contribution in [3.63, 3.8) is 0 Å². The number of hydrogen-bond donors (Lipinski definition) is 1. The molecule has 1 unspecified atom stereocenters. The van der Waals surface area contributed by atoms with Crippen molar-refractivity contribution >= 4 is 5.91 Å². The first-order chi connectivity index (χ1) is 6.94. The van der Waals surface area contributed by atoms with Gasteiger partial charge in [0.25, 0.3) is 0 Å². The number of amides is 1. The lowest BCUT2D eigenvalue weighted by atomic mass is 9.94. The van der Waals surface area contributed by atoms with Gasteiger partial charge in [-0.15, -0.1) is 0 Å². The topological polar surface area (TPSA) is 49.6 Å². The minimum absolute atomic E-state index is 0.0250. The quantitative estimate of drug-likeness (QED) is 0.732. The van der Waals surface area contributed by atoms with Gasteiger partial charge in [0, 0.05) is 18.6 Å². The van der Waals surface area contributed by atoms with E-state index in [0.717, 1.165) is 19.5 Å². The van der Waals surface area contributed by atoms with Crippen LogP contribution in [0.25, 0.3) is 0 Å². The number of nitrogens with zero attached hydrogens (tertiary/aromatic N) is 2. The number of piperazine rings is 1. The second-order valence-electron chi connectivity index (χ2n) is 4.90. The average molecular weight is 213 g/mol. The predicted molar refractivity (Wildman–Crippen MR) is 61.6 cm³/mol. The van der Waals surface area contributed by atoms with Crippen LogP contribution in [0.3, 0.4) is 0 Å². The third-order valence-corrected chi connectivity index (χ3v) is 3.21. The molecule has 0 aromatic rings. The van der Waals surface area contributed by atoms with E-state index in [4.69, 9.17) is 5.73 Å². The van der Waals surface area contributed by atoms with E-state index < -0.39 is 0 Å². The lowest BCUT2D eigenvalue weighted by Crippen LogP contribution is -2.65. The Hall–Kier alpha value is -0.610. The van der Waals surface area contributed by atoms with Gasteiger partial charge in [-0.3, -0.25) is 9.69 Å². The van der Waals surface area contributed by atoms with Crippen molar-refractivity contribution in [2.75, 3.05) is 26.7 Å². The maximum absolute atomic E-state index is 12.2. The molecule has 4 heteroatoms. The zero-order chi connectivity index (χ0) is 11.6. The Morgan fingerprint density at radius 1 is 1.53 bits per heavy atom. The van der Waals surface area contributed by atoms with Gasteiger partial charge in [0.2, 0.25) is 5.91 Å². The summed E-state index contributed by atoms with van der Waals surface area (Å²) in [5, 5.41) is 0. The number of likely N-dealkylation sites (N-methyl/N-ethyl adjacent to an activating group) is 2. The van der Waals surface area contributed by atoms with Crippen LogP contribution in [-0.2, 0) is 4.79 Å². The summed E-state index contributed by atoms with van der Waals surface area (Å²) in [6, 6.07) is -0.0250. The Labute approximate surface area is 92.4 Å². The van der Waals surface area contributed by atoms with E-state index in [1.165, 1.54) is 0 Å². The van der Waals surface area contributed by atoms with Crippen LogP contribution >= 0.6 is 0 Å². The third kappa shape index (κ3) is 2.32. The van der Waals surface area contributed by atoms with Gasteiger partial charge < -0.3 is 10.6 Å². The molecule has 0 bridgehead atoms. The monoisotopic (exact) mass is 213 g/mol. The van der Waals surface area contributed by atoms with Crippen molar-refractivity contribution in [1.29, 1.82) is 0 Å². The molecule has 15 heavy (non-hydrogen) atoms. The predicted octanol–water partition coefficient (Wildman–Crippen LogP) is 0.276. The lowest BCUT2D eigenvalue weighted by molar-refractivity contribution is -0.150. The van der Waals surface area contributed by atoms with Crippen LogP contribution in [0.5, 0.6) is 0 Å². The van der Waals surface area contributed by atoms with Crippen molar-refractivity contribution < 1.29 is 4.79 Å². The smallest absolute Gasteiger partial charge is 0.240 e. The minimum atomic E-state index is -0.0638. The van der Waals surface area contributed by atoms with E-state index in [0.29, 0.717) is 6.54 Å². The van der Waals surface area contributed by atoms with Crippen LogP contribution < -0.4 is 5.73 Å².